The van der Waals surface area contributed by atoms with Crippen molar-refractivity contribution >= 4 is 28.1 Å². The summed E-state index contributed by atoms with van der Waals surface area (Å²) in [4.78, 5) is 8.78. The van der Waals surface area contributed by atoms with Crippen LogP contribution in [0.2, 0.25) is 0 Å². The lowest BCUT2D eigenvalue weighted by Crippen LogP contribution is -2.37. The number of carboxylic acid groups (broad SMARTS) is 1. The molecular formula is C28H30F3NO6. The minimum atomic E-state index is -5.19. The van der Waals surface area contributed by atoms with Gasteiger partial charge in [0.1, 0.15) is 29.0 Å². The zero-order chi connectivity index (χ0) is 28.4. The molecule has 0 saturated carbocycles. The number of halogens is 3. The molecule has 0 fully saturated rings. The quantitative estimate of drug-likeness (QED) is 0.447. The van der Waals surface area contributed by atoms with Crippen LogP contribution in [0.25, 0.3) is 10.8 Å². The van der Waals surface area contributed by atoms with Gasteiger partial charge < -0.3 is 28.8 Å². The van der Waals surface area contributed by atoms with E-state index in [9.17, 15) is 13.2 Å². The first-order valence-corrected chi connectivity index (χ1v) is 11.7. The molecule has 38 heavy (non-hydrogen) atoms. The standard InChI is InChI=1S/C26H30NO4.C2HF3O2/c1-15-10-20-21(8-9-22(29-5)26(20)23(11-15)30-6)27-16(2)12-18-13-19(28-4)14-24(31-7)25(18)17(27)3;3-2(4,5)1(6)7/h8-11,13-14,16H,12H2,1-7H3;(H,6,7)/q+1;/p-1/t16-;/m0./s1. The first kappa shape index (κ1) is 28.6. The number of aliphatic carboxylic acids is 1. The zero-order valence-corrected chi connectivity index (χ0v) is 22.3. The summed E-state index contributed by atoms with van der Waals surface area (Å²) in [6.07, 6.45) is -4.31. The van der Waals surface area contributed by atoms with E-state index in [1.807, 2.05) is 12.1 Å². The number of carbonyl (C=O) groups excluding carboxylic acids is 1. The van der Waals surface area contributed by atoms with Crippen LogP contribution in [-0.2, 0) is 11.2 Å². The number of methoxy groups -OCH3 is 4. The molecule has 0 amide bonds. The van der Waals surface area contributed by atoms with Crippen LogP contribution in [0.1, 0.15) is 30.5 Å². The highest BCUT2D eigenvalue weighted by atomic mass is 19.4. The summed E-state index contributed by atoms with van der Waals surface area (Å²) in [6.45, 7) is 6.50. The monoisotopic (exact) mass is 533 g/mol. The third kappa shape index (κ3) is 5.49. The van der Waals surface area contributed by atoms with Crippen molar-refractivity contribution in [2.24, 2.45) is 0 Å². The molecule has 0 saturated heterocycles. The van der Waals surface area contributed by atoms with E-state index in [0.29, 0.717) is 0 Å². The van der Waals surface area contributed by atoms with E-state index in [1.165, 1.54) is 5.56 Å². The van der Waals surface area contributed by atoms with E-state index in [0.717, 1.165) is 62.7 Å². The number of nitrogens with zero attached hydrogens (tertiary/aromatic N) is 1. The van der Waals surface area contributed by atoms with E-state index >= 15 is 0 Å². The number of ether oxygens (including phenoxy) is 4. The second-order valence-electron chi connectivity index (χ2n) is 8.83. The number of alkyl halides is 3. The molecule has 10 heteroatoms. The molecule has 1 aliphatic rings. The van der Waals surface area contributed by atoms with Crippen molar-refractivity contribution in [2.45, 2.75) is 39.4 Å². The second-order valence-corrected chi connectivity index (χ2v) is 8.83. The van der Waals surface area contributed by atoms with Gasteiger partial charge in [-0.15, -0.1) is 0 Å². The molecule has 3 aromatic carbocycles. The fraction of sp³-hybridized carbons (Fsp3) is 0.357. The molecule has 0 aromatic heterocycles. The molecule has 0 bridgehead atoms. The largest absolute Gasteiger partial charge is 0.542 e. The molecule has 1 heterocycles. The van der Waals surface area contributed by atoms with Crippen molar-refractivity contribution in [1.29, 1.82) is 0 Å². The van der Waals surface area contributed by atoms with Crippen LogP contribution in [0, 0.1) is 6.92 Å². The Morgan fingerprint density at radius 3 is 2.05 bits per heavy atom. The van der Waals surface area contributed by atoms with Gasteiger partial charge in [-0.05, 0) is 49.2 Å². The number of benzene rings is 3. The average Bonchev–Trinajstić information content (AvgIpc) is 2.87. The Morgan fingerprint density at radius 2 is 1.53 bits per heavy atom. The van der Waals surface area contributed by atoms with Crippen molar-refractivity contribution in [3.63, 3.8) is 0 Å². The summed E-state index contributed by atoms with van der Waals surface area (Å²) in [5, 5.41) is 10.9. The van der Waals surface area contributed by atoms with Gasteiger partial charge >= 0.3 is 6.18 Å². The first-order valence-electron chi connectivity index (χ1n) is 11.7. The smallest absolute Gasteiger partial charge is 0.430 e. The van der Waals surface area contributed by atoms with Crippen molar-refractivity contribution in [3.8, 4) is 23.0 Å². The molecule has 0 aliphatic carbocycles. The first-order chi connectivity index (χ1) is 17.9. The Kier molecular flexibility index (Phi) is 8.44. The van der Waals surface area contributed by atoms with Gasteiger partial charge in [0.25, 0.3) is 0 Å². The van der Waals surface area contributed by atoms with Crippen LogP contribution < -0.4 is 24.1 Å². The van der Waals surface area contributed by atoms with Crippen molar-refractivity contribution in [3.05, 3.63) is 53.1 Å². The van der Waals surface area contributed by atoms with Gasteiger partial charge in [0, 0.05) is 25.5 Å². The van der Waals surface area contributed by atoms with E-state index in [2.05, 4.69) is 49.6 Å². The molecule has 3 aromatic rings. The Balaban J connectivity index is 0.000000505. The highest BCUT2D eigenvalue weighted by Gasteiger charge is 2.35. The highest BCUT2D eigenvalue weighted by Crippen LogP contribution is 2.42. The van der Waals surface area contributed by atoms with Gasteiger partial charge in [-0.25, -0.2) is 0 Å². The molecule has 204 valence electrons. The van der Waals surface area contributed by atoms with Crippen LogP contribution in [-0.4, -0.2) is 56.9 Å². The van der Waals surface area contributed by atoms with E-state index in [4.69, 9.17) is 28.8 Å². The van der Waals surface area contributed by atoms with Crippen molar-refractivity contribution < 1.29 is 46.6 Å². The fourth-order valence-electron chi connectivity index (χ4n) is 4.85. The van der Waals surface area contributed by atoms with E-state index in [-0.39, 0.29) is 6.04 Å². The average molecular weight is 534 g/mol. The van der Waals surface area contributed by atoms with Crippen LogP contribution in [0.15, 0.2) is 36.4 Å². The maximum atomic E-state index is 10.5. The Morgan fingerprint density at radius 1 is 0.921 bits per heavy atom. The molecule has 0 N–H and O–H groups in total. The zero-order valence-electron chi connectivity index (χ0n) is 22.3. The number of fused-ring (bicyclic) bond motifs is 2. The third-order valence-electron chi connectivity index (χ3n) is 6.38. The number of hydrogen-bond acceptors (Lipinski definition) is 6. The van der Waals surface area contributed by atoms with E-state index < -0.39 is 12.1 Å². The van der Waals surface area contributed by atoms with Crippen LogP contribution in [0.3, 0.4) is 0 Å². The number of aryl methyl sites for hydroxylation is 1. The number of hydrogen-bond donors (Lipinski definition) is 0. The molecule has 4 rings (SSSR count). The number of carboxylic acids is 1. The number of carbonyl (C=O) groups is 1. The lowest BCUT2D eigenvalue weighted by molar-refractivity contribution is -0.480. The van der Waals surface area contributed by atoms with Gasteiger partial charge in [-0.2, -0.15) is 17.7 Å². The summed E-state index contributed by atoms with van der Waals surface area (Å²) >= 11 is 0. The predicted molar refractivity (Wildman–Crippen MR) is 135 cm³/mol. The van der Waals surface area contributed by atoms with Crippen LogP contribution >= 0.6 is 0 Å². The highest BCUT2D eigenvalue weighted by molar-refractivity contribution is 6.04. The minimum Gasteiger partial charge on any atom is -0.542 e. The fourth-order valence-corrected chi connectivity index (χ4v) is 4.85. The SMILES string of the molecule is COc1cc2c(c(OC)c1)C(C)=[N+](c1ccc(OC)c3c(OC)cc(C)cc13)[C@@H](C)C2.O=C([O-])C(F)(F)F. The van der Waals surface area contributed by atoms with Gasteiger partial charge in [0.15, 0.2) is 11.8 Å². The van der Waals surface area contributed by atoms with Gasteiger partial charge in [0.05, 0.1) is 44.8 Å². The summed E-state index contributed by atoms with van der Waals surface area (Å²) in [5.74, 6) is 0.265. The Hall–Kier alpha value is -3.95. The molecule has 1 atom stereocenters. The molecule has 1 aliphatic heterocycles. The molecule has 0 unspecified atom stereocenters. The van der Waals surface area contributed by atoms with Crippen molar-refractivity contribution in [2.75, 3.05) is 28.4 Å². The maximum Gasteiger partial charge on any atom is 0.430 e. The van der Waals surface area contributed by atoms with Crippen LogP contribution in [0.5, 0.6) is 23.0 Å². The predicted octanol–water partition coefficient (Wildman–Crippen LogP) is 4.58. The number of rotatable bonds is 5. The normalized spacial score (nSPS) is 14.8. The molecule has 7 nitrogen and oxygen atoms in total. The minimum absolute atomic E-state index is 0.257. The maximum absolute atomic E-state index is 10.5. The Labute approximate surface area is 219 Å². The van der Waals surface area contributed by atoms with Crippen molar-refractivity contribution in [1.82, 2.24) is 0 Å². The van der Waals surface area contributed by atoms with E-state index in [1.54, 1.807) is 28.4 Å². The summed E-state index contributed by atoms with van der Waals surface area (Å²) in [5.41, 5.74) is 5.80. The second kappa shape index (κ2) is 11.2. The topological polar surface area (TPSA) is 80.1 Å². The van der Waals surface area contributed by atoms with Crippen LogP contribution in [0.4, 0.5) is 18.9 Å². The molecule has 0 spiro atoms. The van der Waals surface area contributed by atoms with Gasteiger partial charge in [-0.1, -0.05) is 0 Å². The van der Waals surface area contributed by atoms with Gasteiger partial charge in [-0.3, -0.25) is 0 Å². The molecular weight excluding hydrogens is 503 g/mol. The lowest BCUT2D eigenvalue weighted by Gasteiger charge is -2.25. The third-order valence-corrected chi connectivity index (χ3v) is 6.38. The Bertz CT molecular complexity index is 1400. The summed E-state index contributed by atoms with van der Waals surface area (Å²) < 4.78 is 56.6. The summed E-state index contributed by atoms with van der Waals surface area (Å²) in [7, 11) is 6.80. The van der Waals surface area contributed by atoms with Gasteiger partial charge in [0.2, 0.25) is 5.69 Å². The lowest BCUT2D eigenvalue weighted by atomic mass is 9.91. The molecule has 0 radical (unpaired) electrons. The summed E-state index contributed by atoms with van der Waals surface area (Å²) in [6, 6.07) is 12.8.